The van der Waals surface area contributed by atoms with Crippen LogP contribution < -0.4 is 14.4 Å². The van der Waals surface area contributed by atoms with E-state index in [1.807, 2.05) is 31.2 Å². The summed E-state index contributed by atoms with van der Waals surface area (Å²) in [7, 11) is -2.56. The molecular formula is C27H31ClN2O4S. The molecule has 1 amide bonds. The molecule has 3 aromatic rings. The topological polar surface area (TPSA) is 75.7 Å². The molecule has 35 heavy (non-hydrogen) atoms. The number of hydrogen-bond acceptors (Lipinski definition) is 4. The average Bonchev–Trinajstić information content (AvgIpc) is 2.82. The molecule has 0 spiro atoms. The summed E-state index contributed by atoms with van der Waals surface area (Å²) in [6.07, 6.45) is 0. The van der Waals surface area contributed by atoms with Gasteiger partial charge in [0.25, 0.3) is 10.0 Å². The fourth-order valence-electron chi connectivity index (χ4n) is 3.62. The molecule has 0 saturated carbocycles. The molecule has 0 aromatic heterocycles. The standard InChI is InChI=1S/C27H31ClN2O4S/c1-19(20-11-13-21(14-12-20)27(2,3)4)29-26(31)18-30(22-15-16-25(34-5)24(28)17-22)35(32,33)23-9-7-6-8-10-23/h6-17,19H,18H2,1-5H3,(H,29,31)/t19-/m0/s1. The molecule has 3 rings (SSSR count). The van der Waals surface area contributed by atoms with Crippen molar-refractivity contribution in [1.82, 2.24) is 5.32 Å². The van der Waals surface area contributed by atoms with E-state index >= 15 is 0 Å². The van der Waals surface area contributed by atoms with E-state index in [1.54, 1.807) is 30.3 Å². The van der Waals surface area contributed by atoms with Crippen molar-refractivity contribution in [3.63, 3.8) is 0 Å². The van der Waals surface area contributed by atoms with E-state index in [0.717, 1.165) is 9.87 Å². The second-order valence-corrected chi connectivity index (χ2v) is 11.6. The summed E-state index contributed by atoms with van der Waals surface area (Å²) in [5, 5.41) is 3.15. The molecule has 0 saturated heterocycles. The summed E-state index contributed by atoms with van der Waals surface area (Å²) in [6.45, 7) is 7.87. The van der Waals surface area contributed by atoms with Crippen LogP contribution in [0.25, 0.3) is 0 Å². The minimum Gasteiger partial charge on any atom is -0.495 e. The Bertz CT molecular complexity index is 1270. The highest BCUT2D eigenvalue weighted by Gasteiger charge is 2.28. The highest BCUT2D eigenvalue weighted by Crippen LogP contribution is 2.32. The van der Waals surface area contributed by atoms with Crippen molar-refractivity contribution in [2.24, 2.45) is 0 Å². The third-order valence-corrected chi connectivity index (χ3v) is 7.78. The number of carbonyl (C=O) groups excluding carboxylic acids is 1. The van der Waals surface area contributed by atoms with E-state index in [1.165, 1.54) is 30.9 Å². The lowest BCUT2D eigenvalue weighted by atomic mass is 9.86. The Morgan fingerprint density at radius 2 is 1.66 bits per heavy atom. The summed E-state index contributed by atoms with van der Waals surface area (Å²) in [4.78, 5) is 13.1. The van der Waals surface area contributed by atoms with Gasteiger partial charge in [0, 0.05) is 0 Å². The van der Waals surface area contributed by atoms with E-state index in [4.69, 9.17) is 16.3 Å². The molecule has 1 atom stereocenters. The molecule has 6 nitrogen and oxygen atoms in total. The van der Waals surface area contributed by atoms with Crippen molar-refractivity contribution in [2.45, 2.75) is 44.0 Å². The number of halogens is 1. The van der Waals surface area contributed by atoms with Crippen molar-refractivity contribution < 1.29 is 17.9 Å². The smallest absolute Gasteiger partial charge is 0.264 e. The molecule has 0 radical (unpaired) electrons. The number of nitrogens with one attached hydrogen (secondary N) is 1. The Balaban J connectivity index is 1.87. The SMILES string of the molecule is COc1ccc(N(CC(=O)N[C@@H](C)c2ccc(C(C)(C)C)cc2)S(=O)(=O)c2ccccc2)cc1Cl. The number of nitrogens with zero attached hydrogens (tertiary/aromatic N) is 1. The van der Waals surface area contributed by atoms with E-state index in [0.29, 0.717) is 5.75 Å². The Labute approximate surface area is 212 Å². The average molecular weight is 515 g/mol. The number of rotatable bonds is 8. The predicted molar refractivity (Wildman–Crippen MR) is 141 cm³/mol. The molecule has 1 N–H and O–H groups in total. The first-order valence-corrected chi connectivity index (χ1v) is 13.1. The lowest BCUT2D eigenvalue weighted by Gasteiger charge is -2.26. The Kier molecular flexibility index (Phi) is 8.13. The lowest BCUT2D eigenvalue weighted by Crippen LogP contribution is -2.41. The Morgan fingerprint density at radius 1 is 1.03 bits per heavy atom. The summed E-state index contributed by atoms with van der Waals surface area (Å²) in [6, 6.07) is 20.3. The highest BCUT2D eigenvalue weighted by molar-refractivity contribution is 7.92. The van der Waals surface area contributed by atoms with Gasteiger partial charge in [-0.25, -0.2) is 8.42 Å². The van der Waals surface area contributed by atoms with Gasteiger partial charge in [-0.2, -0.15) is 0 Å². The van der Waals surface area contributed by atoms with Crippen LogP contribution >= 0.6 is 11.6 Å². The summed E-state index contributed by atoms with van der Waals surface area (Å²) >= 11 is 6.27. The maximum absolute atomic E-state index is 13.5. The zero-order chi connectivity index (χ0) is 25.8. The Hall–Kier alpha value is -3.03. The molecule has 0 aliphatic rings. The molecular weight excluding hydrogens is 484 g/mol. The lowest BCUT2D eigenvalue weighted by molar-refractivity contribution is -0.120. The van der Waals surface area contributed by atoms with Crippen LogP contribution in [0.5, 0.6) is 5.75 Å². The molecule has 0 heterocycles. The van der Waals surface area contributed by atoms with Crippen molar-refractivity contribution in [3.8, 4) is 5.75 Å². The van der Waals surface area contributed by atoms with Gasteiger partial charge < -0.3 is 10.1 Å². The van der Waals surface area contributed by atoms with Crippen LogP contribution in [-0.2, 0) is 20.2 Å². The maximum atomic E-state index is 13.5. The monoisotopic (exact) mass is 514 g/mol. The number of benzene rings is 3. The first-order chi connectivity index (χ1) is 16.4. The van der Waals surface area contributed by atoms with Gasteiger partial charge in [0.05, 0.1) is 28.8 Å². The third kappa shape index (κ3) is 6.35. The van der Waals surface area contributed by atoms with Gasteiger partial charge in [0.15, 0.2) is 0 Å². The second kappa shape index (κ2) is 10.7. The van der Waals surface area contributed by atoms with Crippen molar-refractivity contribution in [2.75, 3.05) is 18.0 Å². The minimum atomic E-state index is -4.03. The van der Waals surface area contributed by atoms with E-state index < -0.39 is 22.5 Å². The summed E-state index contributed by atoms with van der Waals surface area (Å²) in [5.74, 6) is -0.0342. The van der Waals surface area contributed by atoms with Crippen LogP contribution in [0.1, 0.15) is 44.9 Å². The molecule has 8 heteroatoms. The Morgan fingerprint density at radius 3 is 2.20 bits per heavy atom. The molecule has 0 aliphatic heterocycles. The molecule has 0 aliphatic carbocycles. The van der Waals surface area contributed by atoms with Gasteiger partial charge in [-0.15, -0.1) is 0 Å². The van der Waals surface area contributed by atoms with Crippen LogP contribution in [0.3, 0.4) is 0 Å². The molecule has 186 valence electrons. The highest BCUT2D eigenvalue weighted by atomic mass is 35.5. The first kappa shape index (κ1) is 26.6. The zero-order valence-corrected chi connectivity index (χ0v) is 22.2. The van der Waals surface area contributed by atoms with E-state index in [-0.39, 0.29) is 27.1 Å². The van der Waals surface area contributed by atoms with Crippen LogP contribution in [0.15, 0.2) is 77.7 Å². The van der Waals surface area contributed by atoms with Crippen LogP contribution in [0, 0.1) is 0 Å². The van der Waals surface area contributed by atoms with Crippen LogP contribution in [-0.4, -0.2) is 28.0 Å². The van der Waals surface area contributed by atoms with Gasteiger partial charge in [-0.05, 0) is 53.8 Å². The van der Waals surface area contributed by atoms with Crippen molar-refractivity contribution in [1.29, 1.82) is 0 Å². The first-order valence-electron chi connectivity index (χ1n) is 11.2. The van der Waals surface area contributed by atoms with Crippen molar-refractivity contribution >= 4 is 33.2 Å². The van der Waals surface area contributed by atoms with Gasteiger partial charge in [0.2, 0.25) is 5.91 Å². The van der Waals surface area contributed by atoms with Crippen LogP contribution in [0.2, 0.25) is 5.02 Å². The number of methoxy groups -OCH3 is 1. The minimum absolute atomic E-state index is 0.0248. The zero-order valence-electron chi connectivity index (χ0n) is 20.6. The van der Waals surface area contributed by atoms with Gasteiger partial charge >= 0.3 is 0 Å². The number of anilines is 1. The number of amides is 1. The molecule has 0 bridgehead atoms. The molecule has 3 aromatic carbocycles. The quantitative estimate of drug-likeness (QED) is 0.417. The third-order valence-electron chi connectivity index (χ3n) is 5.70. The normalized spacial score (nSPS) is 12.6. The van der Waals surface area contributed by atoms with E-state index in [2.05, 4.69) is 26.1 Å². The second-order valence-electron chi connectivity index (χ2n) is 9.30. The van der Waals surface area contributed by atoms with E-state index in [9.17, 15) is 13.2 Å². The van der Waals surface area contributed by atoms with Crippen molar-refractivity contribution in [3.05, 3.63) is 88.9 Å². The maximum Gasteiger partial charge on any atom is 0.264 e. The molecule has 0 fully saturated rings. The number of sulfonamides is 1. The fraction of sp³-hybridized carbons (Fsp3) is 0.296. The number of carbonyl (C=O) groups is 1. The van der Waals surface area contributed by atoms with Crippen LogP contribution in [0.4, 0.5) is 5.69 Å². The van der Waals surface area contributed by atoms with Gasteiger partial charge in [0.1, 0.15) is 12.3 Å². The summed E-state index contributed by atoms with van der Waals surface area (Å²) < 4.78 is 33.2. The van der Waals surface area contributed by atoms with Gasteiger partial charge in [-0.3, -0.25) is 9.10 Å². The fourth-order valence-corrected chi connectivity index (χ4v) is 5.30. The number of hydrogen-bond donors (Lipinski definition) is 1. The summed E-state index contributed by atoms with van der Waals surface area (Å²) in [5.41, 5.74) is 2.40. The number of ether oxygens (including phenoxy) is 1. The van der Waals surface area contributed by atoms with Gasteiger partial charge in [-0.1, -0.05) is 74.8 Å². The molecule has 0 unspecified atom stereocenters. The predicted octanol–water partition coefficient (Wildman–Crippen LogP) is 5.72. The largest absolute Gasteiger partial charge is 0.495 e.